The summed E-state index contributed by atoms with van der Waals surface area (Å²) >= 11 is 0. The molecule has 14 heavy (non-hydrogen) atoms. The lowest BCUT2D eigenvalue weighted by Crippen LogP contribution is -1.97. The van der Waals surface area contributed by atoms with E-state index in [-0.39, 0.29) is 5.97 Å². The van der Waals surface area contributed by atoms with Gasteiger partial charge in [-0.05, 0) is 38.2 Å². The third-order valence-corrected chi connectivity index (χ3v) is 2.47. The number of rotatable bonds is 2. The van der Waals surface area contributed by atoms with Gasteiger partial charge in [0.2, 0.25) is 0 Å². The molecule has 2 nitrogen and oxygen atoms in total. The fraction of sp³-hybridized carbons (Fsp3) is 0.583. The van der Waals surface area contributed by atoms with Gasteiger partial charge in [0.25, 0.3) is 0 Å². The molecule has 0 aliphatic heterocycles. The highest BCUT2D eigenvalue weighted by Crippen LogP contribution is 2.23. The molecule has 2 heteroatoms. The molecule has 0 saturated heterocycles. The minimum atomic E-state index is -0.268. The SMILES string of the molecule is COC(=O)/C=C(\C)C=C1CCCCC1. The molecule has 0 atom stereocenters. The second-order valence-electron chi connectivity index (χ2n) is 3.77. The van der Waals surface area contributed by atoms with Gasteiger partial charge in [-0.1, -0.05) is 18.1 Å². The fourth-order valence-electron chi connectivity index (χ4n) is 1.76. The average molecular weight is 194 g/mol. The Hall–Kier alpha value is -1.05. The third-order valence-electron chi connectivity index (χ3n) is 2.47. The van der Waals surface area contributed by atoms with Gasteiger partial charge in [-0.15, -0.1) is 0 Å². The molecule has 0 bridgehead atoms. The summed E-state index contributed by atoms with van der Waals surface area (Å²) in [5.41, 5.74) is 2.46. The monoisotopic (exact) mass is 194 g/mol. The maximum atomic E-state index is 10.9. The molecule has 1 aliphatic carbocycles. The number of methoxy groups -OCH3 is 1. The Morgan fingerprint density at radius 2 is 1.93 bits per heavy atom. The van der Waals surface area contributed by atoms with Crippen molar-refractivity contribution in [1.82, 2.24) is 0 Å². The Kier molecular flexibility index (Phi) is 4.44. The smallest absolute Gasteiger partial charge is 0.330 e. The van der Waals surface area contributed by atoms with Crippen LogP contribution in [0.1, 0.15) is 39.0 Å². The van der Waals surface area contributed by atoms with Gasteiger partial charge in [0.05, 0.1) is 7.11 Å². The molecule has 0 unspecified atom stereocenters. The van der Waals surface area contributed by atoms with Crippen LogP contribution in [-0.2, 0) is 9.53 Å². The van der Waals surface area contributed by atoms with Crippen LogP contribution in [0.4, 0.5) is 0 Å². The quantitative estimate of drug-likeness (QED) is 0.499. The summed E-state index contributed by atoms with van der Waals surface area (Å²) in [6, 6.07) is 0. The molecule has 0 amide bonds. The van der Waals surface area contributed by atoms with Crippen molar-refractivity contribution in [2.45, 2.75) is 39.0 Å². The van der Waals surface area contributed by atoms with Crippen LogP contribution < -0.4 is 0 Å². The lowest BCUT2D eigenvalue weighted by molar-refractivity contribution is -0.134. The van der Waals surface area contributed by atoms with Crippen molar-refractivity contribution in [2.24, 2.45) is 0 Å². The van der Waals surface area contributed by atoms with E-state index < -0.39 is 0 Å². The van der Waals surface area contributed by atoms with Gasteiger partial charge in [-0.2, -0.15) is 0 Å². The molecule has 1 saturated carbocycles. The van der Waals surface area contributed by atoms with Crippen LogP contribution in [0.25, 0.3) is 0 Å². The molecule has 0 aromatic heterocycles. The summed E-state index contributed by atoms with van der Waals surface area (Å²) in [5.74, 6) is -0.268. The van der Waals surface area contributed by atoms with E-state index in [1.165, 1.54) is 44.8 Å². The maximum Gasteiger partial charge on any atom is 0.330 e. The number of carbonyl (C=O) groups is 1. The molecular formula is C12H18O2. The van der Waals surface area contributed by atoms with Crippen LogP contribution in [-0.4, -0.2) is 13.1 Å². The van der Waals surface area contributed by atoms with Gasteiger partial charge in [-0.25, -0.2) is 4.79 Å². The first-order valence-electron chi connectivity index (χ1n) is 5.18. The first kappa shape index (κ1) is 11.0. The van der Waals surface area contributed by atoms with Gasteiger partial charge in [0.15, 0.2) is 0 Å². The number of hydrogen-bond donors (Lipinski definition) is 0. The Labute approximate surface area is 85.6 Å². The lowest BCUT2D eigenvalue weighted by atomic mass is 9.93. The zero-order chi connectivity index (χ0) is 10.4. The molecule has 78 valence electrons. The minimum absolute atomic E-state index is 0.268. The van der Waals surface area contributed by atoms with Crippen LogP contribution in [0.5, 0.6) is 0 Å². The molecule has 1 fully saturated rings. The third kappa shape index (κ3) is 3.77. The van der Waals surface area contributed by atoms with E-state index in [4.69, 9.17) is 0 Å². The number of carbonyl (C=O) groups excluding carboxylic acids is 1. The van der Waals surface area contributed by atoms with Crippen LogP contribution in [0.3, 0.4) is 0 Å². The number of allylic oxidation sites excluding steroid dienone is 3. The van der Waals surface area contributed by atoms with E-state index in [1.54, 1.807) is 6.08 Å². The number of ether oxygens (including phenoxy) is 1. The molecule has 1 rings (SSSR count). The lowest BCUT2D eigenvalue weighted by Gasteiger charge is -2.13. The summed E-state index contributed by atoms with van der Waals surface area (Å²) in [6.45, 7) is 1.94. The topological polar surface area (TPSA) is 26.3 Å². The molecule has 0 aromatic carbocycles. The van der Waals surface area contributed by atoms with E-state index in [9.17, 15) is 4.79 Å². The van der Waals surface area contributed by atoms with Crippen molar-refractivity contribution < 1.29 is 9.53 Å². The first-order chi connectivity index (χ1) is 6.72. The predicted molar refractivity (Wildman–Crippen MR) is 56.9 cm³/mol. The fourth-order valence-corrected chi connectivity index (χ4v) is 1.76. The summed E-state index contributed by atoms with van der Waals surface area (Å²) in [6.07, 6.45) is 9.96. The van der Waals surface area contributed by atoms with Crippen molar-refractivity contribution in [3.63, 3.8) is 0 Å². The van der Waals surface area contributed by atoms with Crippen molar-refractivity contribution in [1.29, 1.82) is 0 Å². The molecule has 1 aliphatic rings. The van der Waals surface area contributed by atoms with E-state index in [1.807, 2.05) is 6.92 Å². The van der Waals surface area contributed by atoms with E-state index >= 15 is 0 Å². The van der Waals surface area contributed by atoms with Gasteiger partial charge in [0.1, 0.15) is 0 Å². The van der Waals surface area contributed by atoms with Gasteiger partial charge < -0.3 is 4.74 Å². The van der Waals surface area contributed by atoms with Crippen LogP contribution in [0.15, 0.2) is 23.3 Å². The largest absolute Gasteiger partial charge is 0.466 e. The number of hydrogen-bond acceptors (Lipinski definition) is 2. The summed E-state index contributed by atoms with van der Waals surface area (Å²) in [4.78, 5) is 10.9. The van der Waals surface area contributed by atoms with Crippen molar-refractivity contribution in [3.05, 3.63) is 23.3 Å². The second kappa shape index (κ2) is 5.63. The van der Waals surface area contributed by atoms with E-state index in [2.05, 4.69) is 10.8 Å². The minimum Gasteiger partial charge on any atom is -0.466 e. The highest BCUT2D eigenvalue weighted by molar-refractivity contribution is 5.83. The zero-order valence-corrected chi connectivity index (χ0v) is 9.01. The predicted octanol–water partition coefficient (Wildman–Crippen LogP) is 3.00. The maximum absolute atomic E-state index is 10.9. The van der Waals surface area contributed by atoms with Gasteiger partial charge in [-0.3, -0.25) is 0 Å². The van der Waals surface area contributed by atoms with Crippen LogP contribution in [0.2, 0.25) is 0 Å². The van der Waals surface area contributed by atoms with Gasteiger partial charge in [0, 0.05) is 6.08 Å². The van der Waals surface area contributed by atoms with Crippen LogP contribution in [0, 0.1) is 0 Å². The first-order valence-corrected chi connectivity index (χ1v) is 5.18. The highest BCUT2D eigenvalue weighted by atomic mass is 16.5. The highest BCUT2D eigenvalue weighted by Gasteiger charge is 2.05. The molecule has 0 radical (unpaired) electrons. The Bertz CT molecular complexity index is 253. The molecule has 0 heterocycles. The Morgan fingerprint density at radius 1 is 1.29 bits per heavy atom. The van der Waals surface area contributed by atoms with E-state index in [0.29, 0.717) is 0 Å². The summed E-state index contributed by atoms with van der Waals surface area (Å²) in [7, 11) is 1.40. The number of esters is 1. The van der Waals surface area contributed by atoms with Gasteiger partial charge >= 0.3 is 5.97 Å². The molecule has 0 spiro atoms. The average Bonchev–Trinajstić information content (AvgIpc) is 2.19. The van der Waals surface area contributed by atoms with Crippen molar-refractivity contribution in [3.8, 4) is 0 Å². The molecular weight excluding hydrogens is 176 g/mol. The van der Waals surface area contributed by atoms with Crippen molar-refractivity contribution >= 4 is 5.97 Å². The summed E-state index contributed by atoms with van der Waals surface area (Å²) in [5, 5.41) is 0. The van der Waals surface area contributed by atoms with E-state index in [0.717, 1.165) is 5.57 Å². The normalized spacial score (nSPS) is 17.9. The molecule has 0 aromatic rings. The zero-order valence-electron chi connectivity index (χ0n) is 9.01. The Balaban J connectivity index is 2.56. The van der Waals surface area contributed by atoms with Crippen molar-refractivity contribution in [2.75, 3.05) is 7.11 Å². The Morgan fingerprint density at radius 3 is 2.50 bits per heavy atom. The molecule has 0 N–H and O–H groups in total. The standard InChI is InChI=1S/C12H18O2/c1-10(9-12(13)14-2)8-11-6-4-3-5-7-11/h8-9H,3-7H2,1-2H3/b10-9+. The summed E-state index contributed by atoms with van der Waals surface area (Å²) < 4.78 is 4.57. The second-order valence-corrected chi connectivity index (χ2v) is 3.77. The van der Waals surface area contributed by atoms with Crippen LogP contribution >= 0.6 is 0 Å².